The summed E-state index contributed by atoms with van der Waals surface area (Å²) in [6, 6.07) is 21.9. The molecule has 0 fully saturated rings. The number of aryl methyl sites for hydroxylation is 1. The molecule has 3 aromatic heterocycles. The van der Waals surface area contributed by atoms with Crippen LogP contribution in [0.1, 0.15) is 5.56 Å². The zero-order valence-corrected chi connectivity index (χ0v) is 15.6. The molecule has 2 aromatic carbocycles. The van der Waals surface area contributed by atoms with Crippen LogP contribution in [0.3, 0.4) is 0 Å². The lowest BCUT2D eigenvalue weighted by Gasteiger charge is -2.06. The summed E-state index contributed by atoms with van der Waals surface area (Å²) in [5.41, 5.74) is 7.20. The maximum absolute atomic E-state index is 5.12. The highest BCUT2D eigenvalue weighted by Crippen LogP contribution is 2.23. The second-order valence-electron chi connectivity index (χ2n) is 7.04. The van der Waals surface area contributed by atoms with Crippen molar-refractivity contribution in [2.45, 2.75) is 6.92 Å². The van der Waals surface area contributed by atoms with E-state index in [2.05, 4.69) is 87.9 Å². The zero-order chi connectivity index (χ0) is 18.4. The maximum atomic E-state index is 5.12. The van der Waals surface area contributed by atoms with Gasteiger partial charge in [0.2, 0.25) is 0 Å². The van der Waals surface area contributed by atoms with Gasteiger partial charge in [0.15, 0.2) is 5.52 Å². The molecule has 0 bridgehead atoms. The highest BCUT2D eigenvalue weighted by Gasteiger charge is 2.16. The predicted molar refractivity (Wildman–Crippen MR) is 111 cm³/mol. The van der Waals surface area contributed by atoms with Crippen molar-refractivity contribution in [2.24, 2.45) is 0 Å². The Morgan fingerprint density at radius 3 is 2.74 bits per heavy atom. The third kappa shape index (κ3) is 2.61. The zero-order valence-electron chi connectivity index (χ0n) is 15.6. The van der Waals surface area contributed by atoms with E-state index in [4.69, 9.17) is 4.74 Å². The molecule has 5 aromatic rings. The second-order valence-corrected chi connectivity index (χ2v) is 7.04. The van der Waals surface area contributed by atoms with Crippen molar-refractivity contribution >= 4 is 38.7 Å². The van der Waals surface area contributed by atoms with E-state index in [1.807, 2.05) is 0 Å². The number of ether oxygens (including phenoxy) is 1. The van der Waals surface area contributed by atoms with E-state index >= 15 is 0 Å². The van der Waals surface area contributed by atoms with Crippen LogP contribution in [0, 0.1) is 6.92 Å². The van der Waals surface area contributed by atoms with Gasteiger partial charge in [0, 0.05) is 36.2 Å². The van der Waals surface area contributed by atoms with Gasteiger partial charge in [0.1, 0.15) is 17.2 Å². The van der Waals surface area contributed by atoms with Crippen molar-refractivity contribution < 1.29 is 9.14 Å². The number of nitrogens with one attached hydrogen (secondary N) is 1. The number of imidazole rings is 1. The highest BCUT2D eigenvalue weighted by atomic mass is 16.5. The molecule has 0 atom stereocenters. The molecule has 0 saturated carbocycles. The Morgan fingerprint density at radius 1 is 0.963 bits per heavy atom. The van der Waals surface area contributed by atoms with Crippen LogP contribution in [0.4, 0.5) is 5.69 Å². The van der Waals surface area contributed by atoms with E-state index in [1.165, 1.54) is 38.5 Å². The fourth-order valence-electron chi connectivity index (χ4n) is 3.89. The number of rotatable bonds is 4. The fourth-order valence-corrected chi connectivity index (χ4v) is 3.89. The Morgan fingerprint density at radius 2 is 1.85 bits per heavy atom. The van der Waals surface area contributed by atoms with Crippen LogP contribution in [0.25, 0.3) is 33.0 Å². The molecule has 0 aliphatic carbocycles. The lowest BCUT2D eigenvalue weighted by molar-refractivity contribution is -0.479. The molecular formula is C23H22N3O+. The maximum Gasteiger partial charge on any atom is 0.292 e. The van der Waals surface area contributed by atoms with E-state index in [1.54, 1.807) is 7.11 Å². The molecule has 3 heterocycles. The lowest BCUT2D eigenvalue weighted by atomic mass is 10.1. The molecule has 5 rings (SSSR count). The highest BCUT2D eigenvalue weighted by molar-refractivity contribution is 5.86. The molecule has 0 aliphatic rings. The summed E-state index contributed by atoms with van der Waals surface area (Å²) in [5.74, 6) is 0. The minimum absolute atomic E-state index is 0.698. The van der Waals surface area contributed by atoms with Gasteiger partial charge >= 0.3 is 0 Å². The quantitative estimate of drug-likeness (QED) is 0.383. The van der Waals surface area contributed by atoms with Gasteiger partial charge in [-0.15, -0.1) is 0 Å². The van der Waals surface area contributed by atoms with Gasteiger partial charge in [-0.3, -0.25) is 0 Å². The van der Waals surface area contributed by atoms with Crippen molar-refractivity contribution in [2.75, 3.05) is 25.6 Å². The number of pyridine rings is 2. The number of methoxy groups -OCH3 is 1. The number of nitrogens with zero attached hydrogens (tertiary/aromatic N) is 2. The van der Waals surface area contributed by atoms with Crippen molar-refractivity contribution in [1.29, 1.82) is 0 Å². The van der Waals surface area contributed by atoms with Crippen LogP contribution in [0.2, 0.25) is 0 Å². The van der Waals surface area contributed by atoms with Crippen molar-refractivity contribution in [3.63, 3.8) is 0 Å². The van der Waals surface area contributed by atoms with Gasteiger partial charge in [0.05, 0.1) is 6.61 Å². The van der Waals surface area contributed by atoms with Crippen LogP contribution in [0.15, 0.2) is 66.9 Å². The van der Waals surface area contributed by atoms with Crippen LogP contribution in [-0.2, 0) is 4.74 Å². The minimum Gasteiger partial charge on any atom is -0.383 e. The predicted octanol–water partition coefficient (Wildman–Crippen LogP) is 4.35. The number of hydrogen-bond donors (Lipinski definition) is 1. The smallest absolute Gasteiger partial charge is 0.292 e. The van der Waals surface area contributed by atoms with E-state index in [0.29, 0.717) is 6.61 Å². The first kappa shape index (κ1) is 16.1. The molecule has 134 valence electrons. The molecule has 0 saturated heterocycles. The summed E-state index contributed by atoms with van der Waals surface area (Å²) >= 11 is 0. The third-order valence-electron chi connectivity index (χ3n) is 5.19. The molecule has 27 heavy (non-hydrogen) atoms. The largest absolute Gasteiger partial charge is 0.383 e. The van der Waals surface area contributed by atoms with Gasteiger partial charge in [-0.1, -0.05) is 11.6 Å². The van der Waals surface area contributed by atoms with Gasteiger partial charge < -0.3 is 10.1 Å². The Hall–Kier alpha value is -3.11. The summed E-state index contributed by atoms with van der Waals surface area (Å²) in [4.78, 5) is 0. The number of benzene rings is 2. The van der Waals surface area contributed by atoms with Crippen LogP contribution in [0.5, 0.6) is 0 Å². The average molecular weight is 356 g/mol. The third-order valence-corrected chi connectivity index (χ3v) is 5.19. The van der Waals surface area contributed by atoms with E-state index in [0.717, 1.165) is 12.2 Å². The monoisotopic (exact) mass is 356 g/mol. The topological polar surface area (TPSA) is 29.8 Å². The first-order valence-corrected chi connectivity index (χ1v) is 9.26. The number of fused-ring (bicyclic) bond motifs is 7. The summed E-state index contributed by atoms with van der Waals surface area (Å²) < 4.78 is 9.73. The number of anilines is 1. The molecule has 0 aliphatic heterocycles. The van der Waals surface area contributed by atoms with Gasteiger partial charge in [-0.05, 0) is 55.5 Å². The Kier molecular flexibility index (Phi) is 3.73. The Labute approximate surface area is 157 Å². The van der Waals surface area contributed by atoms with Gasteiger partial charge in [0.25, 0.3) is 5.65 Å². The number of hydrogen-bond acceptors (Lipinski definition) is 2. The van der Waals surface area contributed by atoms with Crippen LogP contribution < -0.4 is 9.72 Å². The fraction of sp³-hybridized carbons (Fsp3) is 0.174. The molecule has 4 heteroatoms. The van der Waals surface area contributed by atoms with Crippen molar-refractivity contribution in [3.8, 4) is 0 Å². The first-order chi connectivity index (χ1) is 13.2. The SMILES string of the molecule is COCCNc1ccc2c(ccc3n4c(ccc5cc(C)ccc54)c[n+]23)c1. The molecular weight excluding hydrogens is 334 g/mol. The molecule has 0 spiro atoms. The second kappa shape index (κ2) is 6.25. The normalized spacial score (nSPS) is 11.8. The Bertz CT molecular complexity index is 1300. The minimum atomic E-state index is 0.698. The summed E-state index contributed by atoms with van der Waals surface area (Å²) in [6.45, 7) is 3.64. The lowest BCUT2D eigenvalue weighted by Crippen LogP contribution is -2.20. The van der Waals surface area contributed by atoms with Gasteiger partial charge in [-0.2, -0.15) is 8.80 Å². The number of aromatic nitrogens is 2. The van der Waals surface area contributed by atoms with Gasteiger partial charge in [-0.25, -0.2) is 0 Å². The molecule has 1 N–H and O–H groups in total. The Balaban J connectivity index is 1.73. The summed E-state index contributed by atoms with van der Waals surface area (Å²) in [6.07, 6.45) is 2.22. The summed E-state index contributed by atoms with van der Waals surface area (Å²) in [5, 5.41) is 5.88. The first-order valence-electron chi connectivity index (χ1n) is 9.26. The average Bonchev–Trinajstić information content (AvgIpc) is 3.07. The van der Waals surface area contributed by atoms with E-state index < -0.39 is 0 Å². The molecule has 0 unspecified atom stereocenters. The van der Waals surface area contributed by atoms with Crippen molar-refractivity contribution in [1.82, 2.24) is 4.40 Å². The van der Waals surface area contributed by atoms with Crippen LogP contribution >= 0.6 is 0 Å². The van der Waals surface area contributed by atoms with E-state index in [-0.39, 0.29) is 0 Å². The van der Waals surface area contributed by atoms with Crippen molar-refractivity contribution in [3.05, 3.63) is 72.4 Å². The molecule has 0 amide bonds. The summed E-state index contributed by atoms with van der Waals surface area (Å²) in [7, 11) is 1.72. The standard InChI is InChI=1S/C23H22N3O/c1-16-3-8-22-17(13-16)4-7-20-15-25-21-9-6-19(24-11-12-27-2)14-18(21)5-10-23(25)26(20)22/h3-10,13-15,24H,11-12H2,1-2H3/q+1. The molecule has 4 nitrogen and oxygen atoms in total. The molecule has 0 radical (unpaired) electrons. The van der Waals surface area contributed by atoms with E-state index in [9.17, 15) is 0 Å². The van der Waals surface area contributed by atoms with Crippen LogP contribution in [-0.4, -0.2) is 24.7 Å².